The van der Waals surface area contributed by atoms with E-state index in [2.05, 4.69) is 63.1 Å². The molecule has 0 radical (unpaired) electrons. The minimum Gasteiger partial charge on any atom is -0.453 e. The first kappa shape index (κ1) is 41.4. The van der Waals surface area contributed by atoms with Crippen LogP contribution in [0, 0.1) is 17.8 Å². The highest BCUT2D eigenvalue weighted by Gasteiger charge is 2.51. The number of fused-ring (bicyclic) bond motifs is 5. The minimum atomic E-state index is -0.678. The van der Waals surface area contributed by atoms with Gasteiger partial charge in [-0.15, -0.1) is 0 Å². The third-order valence-corrected chi connectivity index (χ3v) is 14.0. The van der Waals surface area contributed by atoms with Crippen molar-refractivity contribution in [2.24, 2.45) is 17.8 Å². The lowest BCUT2D eigenvalue weighted by molar-refractivity contribution is -0.139. The molecule has 5 aliphatic rings. The quantitative estimate of drug-likeness (QED) is 0.124. The van der Waals surface area contributed by atoms with E-state index in [1.165, 1.54) is 47.6 Å². The van der Waals surface area contributed by atoms with Gasteiger partial charge in [0.15, 0.2) is 0 Å². The second kappa shape index (κ2) is 16.7. The lowest BCUT2D eigenvalue weighted by Crippen LogP contribution is -2.54. The van der Waals surface area contributed by atoms with Gasteiger partial charge in [-0.25, -0.2) is 19.6 Å². The van der Waals surface area contributed by atoms with Crippen molar-refractivity contribution in [3.63, 3.8) is 0 Å². The topological polar surface area (TPSA) is 175 Å². The molecule has 4 amide bonds. The Bertz CT molecular complexity index is 2480. The maximum atomic E-state index is 14.1. The van der Waals surface area contributed by atoms with Crippen LogP contribution in [0.3, 0.4) is 0 Å². The van der Waals surface area contributed by atoms with Crippen molar-refractivity contribution in [3.05, 3.63) is 82.6 Å². The molecule has 9 rings (SSSR count). The summed E-state index contributed by atoms with van der Waals surface area (Å²) in [5, 5.41) is 5.51. The number of piperidine rings is 1. The fourth-order valence-corrected chi connectivity index (χ4v) is 10.8. The van der Waals surface area contributed by atoms with E-state index in [4.69, 9.17) is 19.4 Å². The molecule has 14 heteroatoms. The number of aromatic nitrogens is 4. The Morgan fingerprint density at radius 1 is 0.806 bits per heavy atom. The summed E-state index contributed by atoms with van der Waals surface area (Å²) in [6.45, 7) is 8.33. The molecule has 0 unspecified atom stereocenters. The van der Waals surface area contributed by atoms with Gasteiger partial charge in [0.25, 0.3) is 0 Å². The van der Waals surface area contributed by atoms with E-state index >= 15 is 0 Å². The molecule has 2 aliphatic heterocycles. The number of benzene rings is 2. The molecular formula is C48H58N8O6. The number of hydrogen-bond acceptors (Lipinski definition) is 8. The van der Waals surface area contributed by atoms with E-state index in [9.17, 15) is 19.2 Å². The van der Waals surface area contributed by atoms with Crippen LogP contribution in [-0.4, -0.2) is 92.6 Å². The number of H-pyrrole nitrogens is 2. The van der Waals surface area contributed by atoms with Crippen molar-refractivity contribution in [2.45, 2.75) is 116 Å². The molecule has 2 bridgehead atoms. The number of aromatic amines is 2. The van der Waals surface area contributed by atoms with Crippen LogP contribution in [0.15, 0.2) is 54.2 Å². The molecule has 2 aromatic heterocycles. The van der Waals surface area contributed by atoms with Crippen LogP contribution in [0.5, 0.6) is 0 Å². The van der Waals surface area contributed by atoms with Crippen molar-refractivity contribution in [1.82, 2.24) is 40.4 Å². The molecule has 4 aromatic rings. The van der Waals surface area contributed by atoms with Gasteiger partial charge in [0, 0.05) is 12.6 Å². The number of amides is 4. The first-order valence-electron chi connectivity index (χ1n) is 22.3. The number of carbonyl (C=O) groups excluding carboxylic acids is 4. The number of ether oxygens (including phenoxy) is 2. The van der Waals surface area contributed by atoms with Crippen LogP contribution in [0.2, 0.25) is 0 Å². The lowest BCUT2D eigenvalue weighted by atomic mass is 9.78. The zero-order valence-electron chi connectivity index (χ0n) is 36.5. The van der Waals surface area contributed by atoms with E-state index in [1.807, 2.05) is 43.7 Å². The second-order valence-electron chi connectivity index (χ2n) is 18.4. The van der Waals surface area contributed by atoms with Gasteiger partial charge in [-0.05, 0) is 133 Å². The summed E-state index contributed by atoms with van der Waals surface area (Å²) in [5.41, 5.74) is 11.8. The molecule has 3 fully saturated rings. The van der Waals surface area contributed by atoms with Gasteiger partial charge in [-0.1, -0.05) is 52.0 Å². The molecule has 326 valence electrons. The third kappa shape index (κ3) is 7.55. The van der Waals surface area contributed by atoms with Gasteiger partial charge in [0.05, 0.1) is 49.2 Å². The number of imidazole rings is 2. The van der Waals surface area contributed by atoms with Crippen LogP contribution in [0.25, 0.3) is 33.4 Å². The largest absolute Gasteiger partial charge is 0.453 e. The Morgan fingerprint density at radius 2 is 1.55 bits per heavy atom. The van der Waals surface area contributed by atoms with Gasteiger partial charge >= 0.3 is 12.2 Å². The summed E-state index contributed by atoms with van der Waals surface area (Å²) >= 11 is 0. The first-order chi connectivity index (χ1) is 29.9. The molecule has 2 aromatic carbocycles. The van der Waals surface area contributed by atoms with E-state index < -0.39 is 24.3 Å². The number of nitrogens with one attached hydrogen (secondary N) is 4. The molecule has 14 nitrogen and oxygen atoms in total. The predicted octanol–water partition coefficient (Wildman–Crippen LogP) is 8.01. The number of likely N-dealkylation sites (tertiary alicyclic amines) is 2. The Labute approximate surface area is 362 Å². The number of nitrogens with zero attached hydrogens (tertiary/aromatic N) is 4. The highest BCUT2D eigenvalue weighted by Crippen LogP contribution is 2.50. The Morgan fingerprint density at radius 3 is 2.29 bits per heavy atom. The standard InChI is InChI=1S/C48H58N8O6/c1-25(2)40(53-47(59)61-5)45(57)55-19-7-8-39(55)43-49-24-38(52-43)31-13-17-35-30(21-31)10-9-29-20-27(12-16-34(29)35)28-14-18-36-37(23-28)51-44(50-36)42-32-11-15-33(22-32)56(42)46(58)41(26(3)4)54-48(60)62-6/h13-14,17-18,20-21,23-26,32-33,39-42H,7-12,15-16,19,22H2,1-6H3,(H,49,52)(H,50,51)(H,53,59)(H,54,60)/t32-,33+,39-,40-,41-,42-/m0/s1. The fourth-order valence-electron chi connectivity index (χ4n) is 10.8. The highest BCUT2D eigenvalue weighted by molar-refractivity contribution is 5.89. The average Bonchev–Trinajstić information content (AvgIpc) is 4.14. The maximum absolute atomic E-state index is 14.1. The molecule has 3 aliphatic carbocycles. The zero-order chi connectivity index (χ0) is 43.4. The Kier molecular flexibility index (Phi) is 11.2. The fraction of sp³-hybridized carbons (Fsp3) is 0.500. The third-order valence-electron chi connectivity index (χ3n) is 14.0. The predicted molar refractivity (Wildman–Crippen MR) is 235 cm³/mol. The van der Waals surface area contributed by atoms with Crippen molar-refractivity contribution in [3.8, 4) is 11.3 Å². The van der Waals surface area contributed by atoms with Gasteiger partial charge in [0.2, 0.25) is 11.8 Å². The monoisotopic (exact) mass is 842 g/mol. The van der Waals surface area contributed by atoms with Crippen LogP contribution < -0.4 is 10.6 Å². The molecule has 2 saturated heterocycles. The summed E-state index contributed by atoms with van der Waals surface area (Å²) in [6.07, 6.45) is 11.5. The van der Waals surface area contributed by atoms with Crippen molar-refractivity contribution >= 4 is 46.2 Å². The van der Waals surface area contributed by atoms with Crippen LogP contribution in [-0.2, 0) is 25.5 Å². The summed E-state index contributed by atoms with van der Waals surface area (Å²) in [7, 11) is 2.62. The number of methoxy groups -OCH3 is 2. The van der Waals surface area contributed by atoms with Crippen LogP contribution in [0.1, 0.15) is 119 Å². The number of rotatable bonds is 10. The van der Waals surface area contributed by atoms with Gasteiger partial charge in [0.1, 0.15) is 23.7 Å². The van der Waals surface area contributed by atoms with Crippen molar-refractivity contribution in [2.75, 3.05) is 20.8 Å². The Hall–Kier alpha value is -5.92. The lowest BCUT2D eigenvalue weighted by Gasteiger charge is -2.37. The molecule has 6 atom stereocenters. The van der Waals surface area contributed by atoms with Crippen LogP contribution >= 0.6 is 0 Å². The van der Waals surface area contributed by atoms with E-state index in [0.29, 0.717) is 12.5 Å². The molecule has 62 heavy (non-hydrogen) atoms. The van der Waals surface area contributed by atoms with Crippen molar-refractivity contribution in [1.29, 1.82) is 0 Å². The number of allylic oxidation sites excluding steroid dienone is 4. The zero-order valence-corrected chi connectivity index (χ0v) is 36.5. The minimum absolute atomic E-state index is 0.0743. The highest BCUT2D eigenvalue weighted by atomic mass is 16.5. The van der Waals surface area contributed by atoms with E-state index in [-0.39, 0.29) is 41.8 Å². The molecule has 0 spiro atoms. The molecule has 4 N–H and O–H groups in total. The van der Waals surface area contributed by atoms with E-state index in [0.717, 1.165) is 91.7 Å². The van der Waals surface area contributed by atoms with Crippen molar-refractivity contribution < 1.29 is 28.7 Å². The number of hydrogen-bond donors (Lipinski definition) is 4. The van der Waals surface area contributed by atoms with E-state index in [1.54, 1.807) is 0 Å². The first-order valence-corrected chi connectivity index (χ1v) is 22.3. The maximum Gasteiger partial charge on any atom is 0.407 e. The van der Waals surface area contributed by atoms with Gasteiger partial charge < -0.3 is 39.9 Å². The summed E-state index contributed by atoms with van der Waals surface area (Å²) in [6, 6.07) is 11.6. The molecular weight excluding hydrogens is 785 g/mol. The SMILES string of the molecule is COC(=O)N[C@H](C(=O)N1CCC[C@H]1c1ncc(-c2ccc3c(c2)CCC2=C3CCC(c3ccc4nc([C@@H]5[C@H]6CC[C@H](C6)N5C(=O)[C@@H](NC(=O)OC)C(C)C)[nH]c4c3)=C2)[nH]1)C(C)C. The number of carbonyl (C=O) groups is 4. The van der Waals surface area contributed by atoms with Crippen LogP contribution in [0.4, 0.5) is 9.59 Å². The second-order valence-corrected chi connectivity index (χ2v) is 18.4. The molecule has 1 saturated carbocycles. The van der Waals surface area contributed by atoms with Gasteiger partial charge in [-0.3, -0.25) is 9.59 Å². The average molecular weight is 843 g/mol. The smallest absolute Gasteiger partial charge is 0.407 e. The summed E-state index contributed by atoms with van der Waals surface area (Å²) < 4.78 is 9.65. The normalized spacial score (nSPS) is 22.7. The van der Waals surface area contributed by atoms with Gasteiger partial charge in [-0.2, -0.15) is 0 Å². The molecule has 4 heterocycles. The number of alkyl carbamates (subject to hydrolysis) is 2. The Balaban J connectivity index is 0.915. The summed E-state index contributed by atoms with van der Waals surface area (Å²) in [4.78, 5) is 72.8. The summed E-state index contributed by atoms with van der Waals surface area (Å²) in [5.74, 6) is 1.51. The number of aryl methyl sites for hydroxylation is 1.